The van der Waals surface area contributed by atoms with Crippen LogP contribution in [0.1, 0.15) is 137 Å². The number of likely N-dealkylation sites (tertiary alicyclic amines) is 2. The number of amides is 4. The molecule has 2 saturated heterocycles. The van der Waals surface area contributed by atoms with Gasteiger partial charge in [0.1, 0.15) is 47.1 Å². The fraction of sp³-hybridized carbons (Fsp3) is 0.571. The average molecular weight is 1100 g/mol. The van der Waals surface area contributed by atoms with Gasteiger partial charge in [-0.25, -0.2) is 20.5 Å². The zero-order valence-corrected chi connectivity index (χ0v) is 46.4. The first-order valence-corrected chi connectivity index (χ1v) is 26.1. The van der Waals surface area contributed by atoms with Crippen LogP contribution in [-0.2, 0) is 70.1 Å². The number of hydrazine groups is 2. The molecule has 9 unspecified atom stereocenters. The van der Waals surface area contributed by atoms with Crippen LogP contribution in [0, 0.1) is 23.5 Å². The minimum absolute atomic E-state index is 0.0142. The van der Waals surface area contributed by atoms with E-state index in [4.69, 9.17) is 32.0 Å². The van der Waals surface area contributed by atoms with Crippen molar-refractivity contribution in [3.63, 3.8) is 0 Å². The summed E-state index contributed by atoms with van der Waals surface area (Å²) < 4.78 is 91.5. The first kappa shape index (κ1) is 54.4. The van der Waals surface area contributed by atoms with Gasteiger partial charge in [-0.3, -0.25) is 48.4 Å². The second kappa shape index (κ2) is 24.4. The minimum Gasteiger partial charge on any atom is -0.461 e. The van der Waals surface area contributed by atoms with Crippen molar-refractivity contribution in [2.75, 3.05) is 13.1 Å². The second-order valence-corrected chi connectivity index (χ2v) is 22.2. The van der Waals surface area contributed by atoms with E-state index in [-0.39, 0.29) is 95.4 Å². The summed E-state index contributed by atoms with van der Waals surface area (Å²) in [5.74, 6) is 3.17. The highest BCUT2D eigenvalue weighted by atomic mass is 19.1. The van der Waals surface area contributed by atoms with Crippen LogP contribution in [-0.4, -0.2) is 138 Å². The standard InChI is InChI=1S/C56H76F2N8O12/c1-13-45(65(59)51(71)29(3)19-47(69)77-55(7,8)9)53(73)63-27-37(75-31(5)67)23-35(63)25-41-39-17-15-33(57)21-43(39)61-49(41)50-42(40-18-16-34(58)22-44(40)62-50)26-36-24-38(76-32(6)68)28-64(36)54(74)46(14-2)66(60)52(72)30(4)20-48(70)78-56(10,11)12/h15-18,21-22,29-30,35-38,45-46,61-62H,13-14,19-20,23-28,59-60H2,1-12H3/i17D,24D,36D/hD. The molecule has 0 bridgehead atoms. The summed E-state index contributed by atoms with van der Waals surface area (Å²) in [6.45, 7) is 17.6. The van der Waals surface area contributed by atoms with Gasteiger partial charge >= 0.3 is 23.9 Å². The van der Waals surface area contributed by atoms with Crippen molar-refractivity contribution < 1.29 is 71.6 Å². The maximum Gasteiger partial charge on any atom is 0.307 e. The Morgan fingerprint density at radius 2 is 1.23 bits per heavy atom. The lowest BCUT2D eigenvalue weighted by molar-refractivity contribution is -0.160. The summed E-state index contributed by atoms with van der Waals surface area (Å²) in [4.78, 5) is 115. The number of nitrogens with zero attached hydrogens (tertiary/aromatic N) is 4. The number of nitrogens with one attached hydrogen (secondary N) is 2. The van der Waals surface area contributed by atoms with E-state index in [0.717, 1.165) is 46.1 Å². The number of fused-ring (bicyclic) bond motifs is 2. The number of hydrogen-bond donors (Lipinski definition) is 4. The van der Waals surface area contributed by atoms with Crippen molar-refractivity contribution >= 4 is 69.3 Å². The molecule has 426 valence electrons. The largest absolute Gasteiger partial charge is 0.461 e. The van der Waals surface area contributed by atoms with Crippen molar-refractivity contribution in [1.82, 2.24) is 29.8 Å². The number of carbonyl (C=O) groups excluding carboxylic acids is 8. The van der Waals surface area contributed by atoms with E-state index in [2.05, 4.69) is 4.98 Å². The van der Waals surface area contributed by atoms with Crippen molar-refractivity contribution in [2.45, 2.75) is 182 Å². The van der Waals surface area contributed by atoms with Crippen LogP contribution in [0.25, 0.3) is 33.2 Å². The summed E-state index contributed by atoms with van der Waals surface area (Å²) in [5.41, 5.74) is -1.57. The van der Waals surface area contributed by atoms with Crippen molar-refractivity contribution in [2.24, 2.45) is 23.5 Å². The molecule has 0 aliphatic carbocycles. The highest BCUT2D eigenvalue weighted by Crippen LogP contribution is 2.41. The maximum atomic E-state index is 15.5. The average Bonchev–Trinajstić information content (AvgIpc) is 3.68. The van der Waals surface area contributed by atoms with E-state index in [1.165, 1.54) is 31.7 Å². The van der Waals surface area contributed by atoms with E-state index in [1.807, 2.05) is 0 Å². The van der Waals surface area contributed by atoms with Crippen molar-refractivity contribution in [3.8, 4) is 11.4 Å². The smallest absolute Gasteiger partial charge is 0.307 e. The lowest BCUT2D eigenvalue weighted by Crippen LogP contribution is -2.56. The zero-order chi connectivity index (χ0) is 61.4. The third-order valence-electron chi connectivity index (χ3n) is 13.4. The fourth-order valence-corrected chi connectivity index (χ4v) is 10.1. The van der Waals surface area contributed by atoms with Crippen LogP contribution in [0.2, 0.25) is 1.41 Å². The van der Waals surface area contributed by atoms with Crippen LogP contribution < -0.4 is 11.7 Å². The van der Waals surface area contributed by atoms with E-state index in [1.54, 1.807) is 55.4 Å². The van der Waals surface area contributed by atoms with Gasteiger partial charge in [-0.15, -0.1) is 0 Å². The Kier molecular flexibility index (Phi) is 17.0. The third-order valence-corrected chi connectivity index (χ3v) is 13.4. The number of H-pyrrole nitrogens is 2. The predicted octanol–water partition coefficient (Wildman–Crippen LogP) is 6.44. The lowest BCUT2D eigenvalue weighted by Gasteiger charge is -2.34. The monoisotopic (exact) mass is 1090 g/mol. The van der Waals surface area contributed by atoms with Gasteiger partial charge < -0.3 is 38.7 Å². The van der Waals surface area contributed by atoms with Gasteiger partial charge in [0.25, 0.3) is 0 Å². The Morgan fingerprint density at radius 3 is 1.76 bits per heavy atom. The van der Waals surface area contributed by atoms with Gasteiger partial charge in [0.2, 0.25) is 23.6 Å². The Hall–Kier alpha value is -6.94. The molecule has 0 radical (unpaired) electrons. The van der Waals surface area contributed by atoms with Gasteiger partial charge in [0, 0.05) is 73.7 Å². The summed E-state index contributed by atoms with van der Waals surface area (Å²) in [6, 6.07) is -0.999. The van der Waals surface area contributed by atoms with E-state index in [9.17, 15) is 37.7 Å². The van der Waals surface area contributed by atoms with Gasteiger partial charge in [0.05, 0.1) is 40.1 Å². The molecule has 78 heavy (non-hydrogen) atoms. The number of benzene rings is 2. The molecule has 22 heteroatoms. The van der Waals surface area contributed by atoms with Gasteiger partial charge in [0.15, 0.2) is 1.41 Å². The Balaban J connectivity index is 1.48. The number of nitrogens with two attached hydrogens (primary N) is 2. The van der Waals surface area contributed by atoms with Crippen LogP contribution in [0.4, 0.5) is 8.78 Å². The summed E-state index contributed by atoms with van der Waals surface area (Å²) >= 11 is 0. The SMILES string of the molecule is [2H]c1cc(F)cc2c1c(CC1CC(OC(C)=O)CN1C(=O)C(CC)N(N)C(=O)C(C)CC(=O)OC(C)(C)C)c(-c1[nH]c3cc(F)ccc3c1CC1([2H])C([2H])C(OC(C)=O)CN1C(=O)C(CC)N(N)C(=O)C(C)CC(=O)OC(C)(C)C)n2[2H]. The molecular formula is C56H76F2N8O12. The number of aromatic amines is 2. The molecule has 2 fully saturated rings. The molecule has 6 rings (SSSR count). The molecule has 2 aromatic heterocycles. The van der Waals surface area contributed by atoms with Crippen LogP contribution >= 0.6 is 0 Å². The maximum absolute atomic E-state index is 15.5. The molecule has 2 aliphatic heterocycles. The van der Waals surface area contributed by atoms with Crippen LogP contribution in [0.5, 0.6) is 0 Å². The summed E-state index contributed by atoms with van der Waals surface area (Å²) in [5, 5.41) is 1.70. The quantitative estimate of drug-likeness (QED) is 0.0259. The van der Waals surface area contributed by atoms with Gasteiger partial charge in [-0.2, -0.15) is 0 Å². The minimum atomic E-state index is -2.42. The number of halogens is 2. The molecule has 0 saturated carbocycles. The summed E-state index contributed by atoms with van der Waals surface area (Å²) in [6.07, 6.45) is -5.83. The Bertz CT molecular complexity index is 3140. The van der Waals surface area contributed by atoms with E-state index < -0.39 is 138 Å². The molecule has 2 aliphatic rings. The first-order chi connectivity index (χ1) is 38.0. The second-order valence-electron chi connectivity index (χ2n) is 22.2. The topological polar surface area (TPSA) is 270 Å². The predicted molar refractivity (Wildman–Crippen MR) is 284 cm³/mol. The number of hydrogen-bond acceptors (Lipinski definition) is 14. The number of esters is 4. The molecular weight excluding hydrogens is 1010 g/mol. The van der Waals surface area contributed by atoms with Crippen LogP contribution in [0.3, 0.4) is 0 Å². The number of aromatic nitrogens is 2. The lowest BCUT2D eigenvalue weighted by atomic mass is 9.94. The molecule has 4 heterocycles. The van der Waals surface area contributed by atoms with E-state index in [0.29, 0.717) is 5.01 Å². The van der Waals surface area contributed by atoms with E-state index >= 15 is 13.6 Å². The zero-order valence-electron chi connectivity index (χ0n) is 50.4. The molecule has 6 N–H and O–H groups in total. The highest BCUT2D eigenvalue weighted by Gasteiger charge is 2.45. The number of carbonyl (C=O) groups is 8. The van der Waals surface area contributed by atoms with Crippen LogP contribution in [0.15, 0.2) is 36.4 Å². The normalized spacial score (nSPS) is 21.9. The molecule has 20 nitrogen and oxygen atoms in total. The molecule has 2 aromatic carbocycles. The Labute approximate surface area is 458 Å². The molecule has 4 amide bonds. The van der Waals surface area contributed by atoms with Gasteiger partial charge in [-0.05, 0) is 115 Å². The Morgan fingerprint density at radius 1 is 0.744 bits per heavy atom. The molecule has 4 aromatic rings. The first-order valence-electron chi connectivity index (χ1n) is 28.2. The summed E-state index contributed by atoms with van der Waals surface area (Å²) in [7, 11) is 0. The fourth-order valence-electron chi connectivity index (χ4n) is 10.1. The third kappa shape index (κ3) is 14.4. The van der Waals surface area contributed by atoms with Crippen molar-refractivity contribution in [1.29, 1.82) is 0 Å². The molecule has 9 atom stereocenters. The number of rotatable bonds is 19. The van der Waals surface area contributed by atoms with Gasteiger partial charge in [-0.1, -0.05) is 27.7 Å². The highest BCUT2D eigenvalue weighted by molar-refractivity contribution is 5.97. The molecule has 0 spiro atoms. The van der Waals surface area contributed by atoms with Crippen molar-refractivity contribution in [3.05, 3.63) is 59.1 Å². The number of ether oxygens (including phenoxy) is 4.